The van der Waals surface area contributed by atoms with E-state index in [4.69, 9.17) is 22.0 Å². The van der Waals surface area contributed by atoms with Crippen LogP contribution in [0.2, 0.25) is 5.02 Å². The first-order valence-electron chi connectivity index (χ1n) is 8.08. The Morgan fingerprint density at radius 1 is 1.52 bits per heavy atom. The number of amides is 1. The highest BCUT2D eigenvalue weighted by atomic mass is 35.5. The summed E-state index contributed by atoms with van der Waals surface area (Å²) in [4.78, 5) is 28.7. The van der Waals surface area contributed by atoms with Crippen molar-refractivity contribution >= 4 is 28.6 Å². The number of halogens is 1. The zero-order valence-corrected chi connectivity index (χ0v) is 14.2. The summed E-state index contributed by atoms with van der Waals surface area (Å²) >= 11 is 6.17. The lowest BCUT2D eigenvalue weighted by atomic mass is 10.1. The van der Waals surface area contributed by atoms with E-state index in [1.807, 2.05) is 0 Å². The van der Waals surface area contributed by atoms with Crippen molar-refractivity contribution in [2.45, 2.75) is 38.3 Å². The highest BCUT2D eigenvalue weighted by Crippen LogP contribution is 2.40. The van der Waals surface area contributed by atoms with E-state index < -0.39 is 12.1 Å². The predicted octanol–water partition coefficient (Wildman–Crippen LogP) is 3.07. The number of nitrogens with one attached hydrogen (secondary N) is 1. The molecule has 1 aromatic heterocycles. The van der Waals surface area contributed by atoms with E-state index in [0.717, 1.165) is 12.8 Å². The molecule has 1 aliphatic carbocycles. The first kappa shape index (κ1) is 17.2. The zero-order chi connectivity index (χ0) is 18.0. The molecule has 25 heavy (non-hydrogen) atoms. The van der Waals surface area contributed by atoms with Crippen molar-refractivity contribution in [2.24, 2.45) is 5.92 Å². The van der Waals surface area contributed by atoms with Crippen molar-refractivity contribution in [1.82, 2.24) is 14.9 Å². The highest BCUT2D eigenvalue weighted by molar-refractivity contribution is 6.35. The second kappa shape index (κ2) is 7.11. The lowest BCUT2D eigenvalue weighted by Gasteiger charge is -2.21. The number of unbranched alkanes of at least 4 members (excludes halogenated alkanes) is 1. The number of rotatable bonds is 6. The SMILES string of the molecule is N#CCCCn1c(C(NC(=O)O)C2CC2)nc2cccc(Cl)c2c1=O. The number of nitriles is 1. The van der Waals surface area contributed by atoms with E-state index >= 15 is 0 Å². The molecule has 0 spiro atoms. The van der Waals surface area contributed by atoms with E-state index in [0.29, 0.717) is 41.1 Å². The molecule has 3 rings (SSSR count). The van der Waals surface area contributed by atoms with Crippen LogP contribution in [0.25, 0.3) is 10.9 Å². The van der Waals surface area contributed by atoms with E-state index in [1.165, 1.54) is 4.57 Å². The maximum Gasteiger partial charge on any atom is 0.405 e. The Kier molecular flexibility index (Phi) is 4.91. The standard InChI is InChI=1S/C17H17ClN4O3/c18-11-4-3-5-12-13(11)16(23)22(9-2-1-8-19)15(20-12)14(10-6-7-10)21-17(24)25/h3-5,10,14,21H,1-2,6-7,9H2,(H,24,25). The van der Waals surface area contributed by atoms with Gasteiger partial charge in [-0.05, 0) is 37.3 Å². The molecular formula is C17H17ClN4O3. The topological polar surface area (TPSA) is 108 Å². The second-order valence-electron chi connectivity index (χ2n) is 6.09. The van der Waals surface area contributed by atoms with Crippen LogP contribution in [0.3, 0.4) is 0 Å². The summed E-state index contributed by atoms with van der Waals surface area (Å²) in [6.45, 7) is 0.292. The predicted molar refractivity (Wildman–Crippen MR) is 92.5 cm³/mol. The third-order valence-corrected chi connectivity index (χ3v) is 4.60. The van der Waals surface area contributed by atoms with Crippen molar-refractivity contribution in [3.63, 3.8) is 0 Å². The molecule has 0 aliphatic heterocycles. The van der Waals surface area contributed by atoms with E-state index in [-0.39, 0.29) is 11.5 Å². The maximum atomic E-state index is 13.0. The summed E-state index contributed by atoms with van der Waals surface area (Å²) in [5, 5.41) is 21.0. The average Bonchev–Trinajstić information content (AvgIpc) is 3.39. The van der Waals surface area contributed by atoms with Gasteiger partial charge in [0.15, 0.2) is 0 Å². The van der Waals surface area contributed by atoms with Crippen LogP contribution in [0.15, 0.2) is 23.0 Å². The van der Waals surface area contributed by atoms with E-state index in [9.17, 15) is 9.59 Å². The van der Waals surface area contributed by atoms with Gasteiger partial charge in [-0.15, -0.1) is 0 Å². The Labute approximate surface area is 148 Å². The third kappa shape index (κ3) is 3.59. The lowest BCUT2D eigenvalue weighted by molar-refractivity contribution is 0.187. The maximum absolute atomic E-state index is 13.0. The number of hydrogen-bond donors (Lipinski definition) is 2. The molecule has 1 amide bonds. The Morgan fingerprint density at radius 2 is 2.28 bits per heavy atom. The summed E-state index contributed by atoms with van der Waals surface area (Å²) in [6.07, 6.45) is 1.39. The Bertz CT molecular complexity index is 914. The molecule has 1 saturated carbocycles. The minimum atomic E-state index is -1.15. The van der Waals surface area contributed by atoms with Crippen molar-refractivity contribution in [3.05, 3.63) is 39.4 Å². The number of benzene rings is 1. The second-order valence-corrected chi connectivity index (χ2v) is 6.49. The molecule has 1 unspecified atom stereocenters. The molecule has 8 heteroatoms. The summed E-state index contributed by atoms with van der Waals surface area (Å²) in [6, 6.07) is 6.53. The highest BCUT2D eigenvalue weighted by Gasteiger charge is 2.36. The molecule has 1 heterocycles. The number of aromatic nitrogens is 2. The van der Waals surface area contributed by atoms with Gasteiger partial charge in [0.05, 0.1) is 28.0 Å². The molecule has 7 nitrogen and oxygen atoms in total. The van der Waals surface area contributed by atoms with E-state index in [1.54, 1.807) is 18.2 Å². The van der Waals surface area contributed by atoms with Crippen LogP contribution >= 0.6 is 11.6 Å². The van der Waals surface area contributed by atoms with Crippen LogP contribution in [0.1, 0.15) is 37.5 Å². The van der Waals surface area contributed by atoms with Gasteiger partial charge in [-0.1, -0.05) is 17.7 Å². The van der Waals surface area contributed by atoms with Crippen molar-refractivity contribution < 1.29 is 9.90 Å². The van der Waals surface area contributed by atoms with Gasteiger partial charge in [-0.25, -0.2) is 9.78 Å². The van der Waals surface area contributed by atoms with Crippen LogP contribution in [0.5, 0.6) is 0 Å². The third-order valence-electron chi connectivity index (χ3n) is 4.28. The Hall–Kier alpha value is -2.59. The van der Waals surface area contributed by atoms with Gasteiger partial charge in [-0.3, -0.25) is 9.36 Å². The monoisotopic (exact) mass is 360 g/mol. The fourth-order valence-electron chi connectivity index (χ4n) is 2.97. The number of carboxylic acid groups (broad SMARTS) is 1. The number of fused-ring (bicyclic) bond motifs is 1. The van der Waals surface area contributed by atoms with Crippen molar-refractivity contribution in [2.75, 3.05) is 0 Å². The van der Waals surface area contributed by atoms with Crippen molar-refractivity contribution in [3.8, 4) is 6.07 Å². The molecule has 0 saturated heterocycles. The fraction of sp³-hybridized carbons (Fsp3) is 0.412. The zero-order valence-electron chi connectivity index (χ0n) is 13.4. The van der Waals surface area contributed by atoms with Crippen LogP contribution in [0, 0.1) is 17.2 Å². The van der Waals surface area contributed by atoms with Gasteiger partial charge < -0.3 is 10.4 Å². The molecule has 1 aromatic carbocycles. The van der Waals surface area contributed by atoms with Gasteiger partial charge in [0, 0.05) is 13.0 Å². The molecule has 1 fully saturated rings. The Morgan fingerprint density at radius 3 is 2.92 bits per heavy atom. The van der Waals surface area contributed by atoms with Crippen LogP contribution in [-0.2, 0) is 6.54 Å². The van der Waals surface area contributed by atoms with Gasteiger partial charge in [0.1, 0.15) is 5.82 Å². The van der Waals surface area contributed by atoms with Crippen LogP contribution in [-0.4, -0.2) is 20.8 Å². The first-order valence-corrected chi connectivity index (χ1v) is 8.46. The van der Waals surface area contributed by atoms with Gasteiger partial charge in [-0.2, -0.15) is 5.26 Å². The number of nitrogens with zero attached hydrogens (tertiary/aromatic N) is 3. The number of hydrogen-bond acceptors (Lipinski definition) is 4. The van der Waals surface area contributed by atoms with Gasteiger partial charge in [0.2, 0.25) is 0 Å². The fourth-order valence-corrected chi connectivity index (χ4v) is 3.22. The molecule has 130 valence electrons. The molecule has 0 bridgehead atoms. The molecule has 2 N–H and O–H groups in total. The largest absolute Gasteiger partial charge is 0.465 e. The van der Waals surface area contributed by atoms with E-state index in [2.05, 4.69) is 16.4 Å². The Balaban J connectivity index is 2.17. The summed E-state index contributed by atoms with van der Waals surface area (Å²) in [5.74, 6) is 0.518. The molecule has 2 aromatic rings. The lowest BCUT2D eigenvalue weighted by Crippen LogP contribution is -2.35. The minimum absolute atomic E-state index is 0.127. The first-order chi connectivity index (χ1) is 12.0. The number of carbonyl (C=O) groups is 1. The summed E-state index contributed by atoms with van der Waals surface area (Å²) in [5.41, 5.74) is 0.142. The van der Waals surface area contributed by atoms with Gasteiger partial charge in [0.25, 0.3) is 5.56 Å². The van der Waals surface area contributed by atoms with Crippen LogP contribution < -0.4 is 10.9 Å². The molecular weight excluding hydrogens is 344 g/mol. The quantitative estimate of drug-likeness (QED) is 0.769. The molecule has 0 radical (unpaired) electrons. The normalized spacial score (nSPS) is 14.9. The molecule has 1 atom stereocenters. The summed E-state index contributed by atoms with van der Waals surface area (Å²) < 4.78 is 1.46. The average molecular weight is 361 g/mol. The molecule has 1 aliphatic rings. The smallest absolute Gasteiger partial charge is 0.405 e. The van der Waals surface area contributed by atoms with Gasteiger partial charge >= 0.3 is 6.09 Å². The minimum Gasteiger partial charge on any atom is -0.465 e. The van der Waals surface area contributed by atoms with Crippen molar-refractivity contribution in [1.29, 1.82) is 5.26 Å². The van der Waals surface area contributed by atoms with Crippen LogP contribution in [0.4, 0.5) is 4.79 Å². The summed E-state index contributed by atoms with van der Waals surface area (Å²) in [7, 11) is 0.